The maximum Gasteiger partial charge on any atom is 0.292 e. The van der Waals surface area contributed by atoms with Crippen LogP contribution in [0.5, 0.6) is 17.5 Å². The molecule has 7 nitrogen and oxygen atoms in total. The molecule has 0 radical (unpaired) electrons. The Morgan fingerprint density at radius 2 is 1.25 bits per heavy atom. The topological polar surface area (TPSA) is 103 Å². The molecule has 0 spiro atoms. The number of nitrogen functional groups attached to an aromatic ring is 1. The average molecular weight is 543 g/mol. The van der Waals surface area contributed by atoms with Gasteiger partial charge in [-0.3, -0.25) is 0 Å². The molecule has 2 aromatic heterocycles. The van der Waals surface area contributed by atoms with Crippen LogP contribution in [-0.2, 0) is 25.7 Å². The highest BCUT2D eigenvalue weighted by Crippen LogP contribution is 2.41. The van der Waals surface area contributed by atoms with E-state index in [4.69, 9.17) is 25.2 Å². The molecule has 0 unspecified atom stereocenters. The summed E-state index contributed by atoms with van der Waals surface area (Å²) in [5, 5.41) is 8.89. The molecule has 0 fully saturated rings. The molecule has 9 heteroatoms. The lowest BCUT2D eigenvalue weighted by Crippen LogP contribution is -2.00. The standard InChI is InChI=1S/C16H13FN2O2.C15H15FN2O/c1-20-15-7-10(5-6-19-15)13-8-14(17)11-3-2-4-12(11)16(13)21-9-18;1-19-14-7-9(5-6-18-14)12-8-13(16)10-3-2-4-11(10)15(12)17/h5-8H,2-4H2,1H3;5-8H,2-4,17H2,1H3. The number of halogens is 2. The summed E-state index contributed by atoms with van der Waals surface area (Å²) >= 11 is 0. The summed E-state index contributed by atoms with van der Waals surface area (Å²) in [4.78, 5) is 8.08. The van der Waals surface area contributed by atoms with Gasteiger partial charge >= 0.3 is 0 Å². The van der Waals surface area contributed by atoms with Gasteiger partial charge in [0, 0.05) is 46.9 Å². The first kappa shape index (κ1) is 26.9. The third-order valence-electron chi connectivity index (χ3n) is 7.35. The number of rotatable bonds is 5. The fraction of sp³-hybridized carbons (Fsp3) is 0.258. The van der Waals surface area contributed by atoms with Crippen molar-refractivity contribution in [3.63, 3.8) is 0 Å². The number of pyridine rings is 2. The van der Waals surface area contributed by atoms with E-state index in [0.717, 1.165) is 59.9 Å². The van der Waals surface area contributed by atoms with Crippen LogP contribution in [0.4, 0.5) is 14.5 Å². The van der Waals surface area contributed by atoms with Crippen molar-refractivity contribution in [2.75, 3.05) is 20.0 Å². The van der Waals surface area contributed by atoms with Crippen molar-refractivity contribution in [3.8, 4) is 46.0 Å². The van der Waals surface area contributed by atoms with E-state index in [1.165, 1.54) is 19.2 Å². The summed E-state index contributed by atoms with van der Waals surface area (Å²) in [7, 11) is 3.07. The largest absolute Gasteiger partial charge is 0.481 e. The Hall–Kier alpha value is -4.71. The zero-order valence-corrected chi connectivity index (χ0v) is 22.3. The number of ether oxygens (including phenoxy) is 3. The van der Waals surface area contributed by atoms with E-state index in [1.807, 2.05) is 6.07 Å². The van der Waals surface area contributed by atoms with Crippen molar-refractivity contribution in [1.29, 1.82) is 5.26 Å². The van der Waals surface area contributed by atoms with E-state index in [-0.39, 0.29) is 11.6 Å². The number of aromatic nitrogens is 2. The van der Waals surface area contributed by atoms with E-state index >= 15 is 0 Å². The van der Waals surface area contributed by atoms with Crippen molar-refractivity contribution in [2.24, 2.45) is 0 Å². The summed E-state index contributed by atoms with van der Waals surface area (Å²) in [6.07, 6.45) is 9.81. The highest BCUT2D eigenvalue weighted by molar-refractivity contribution is 5.80. The molecule has 2 aromatic carbocycles. The van der Waals surface area contributed by atoms with Crippen molar-refractivity contribution >= 4 is 5.69 Å². The molecule has 2 aliphatic carbocycles. The highest BCUT2D eigenvalue weighted by Gasteiger charge is 2.25. The Balaban J connectivity index is 0.000000162. The predicted octanol–water partition coefficient (Wildman–Crippen LogP) is 6.21. The monoisotopic (exact) mass is 542 g/mol. The predicted molar refractivity (Wildman–Crippen MR) is 147 cm³/mol. The zero-order valence-electron chi connectivity index (χ0n) is 22.3. The first-order chi connectivity index (χ1) is 19.4. The second kappa shape index (κ2) is 11.6. The zero-order chi connectivity index (χ0) is 28.2. The fourth-order valence-corrected chi connectivity index (χ4v) is 5.45. The van der Waals surface area contributed by atoms with Crippen LogP contribution in [-0.4, -0.2) is 24.2 Å². The Morgan fingerprint density at radius 3 is 1.82 bits per heavy atom. The third kappa shape index (κ3) is 5.13. The van der Waals surface area contributed by atoms with E-state index in [2.05, 4.69) is 9.97 Å². The third-order valence-corrected chi connectivity index (χ3v) is 7.35. The minimum absolute atomic E-state index is 0.160. The molecule has 2 heterocycles. The minimum Gasteiger partial charge on any atom is -0.481 e. The summed E-state index contributed by atoms with van der Waals surface area (Å²) in [5.74, 6) is 0.958. The van der Waals surface area contributed by atoms with Gasteiger partial charge in [-0.2, -0.15) is 0 Å². The average Bonchev–Trinajstić information content (AvgIpc) is 3.68. The molecule has 0 aliphatic heterocycles. The maximum absolute atomic E-state index is 14.3. The van der Waals surface area contributed by atoms with Crippen LogP contribution < -0.4 is 19.9 Å². The molecule has 40 heavy (non-hydrogen) atoms. The van der Waals surface area contributed by atoms with Crippen molar-refractivity contribution < 1.29 is 23.0 Å². The Morgan fingerprint density at radius 1 is 0.750 bits per heavy atom. The number of nitrogens with zero attached hydrogens (tertiary/aromatic N) is 3. The molecule has 4 aromatic rings. The number of fused-ring (bicyclic) bond motifs is 2. The molecular formula is C31H28F2N4O3. The molecule has 204 valence electrons. The van der Waals surface area contributed by atoms with Gasteiger partial charge in [0.15, 0.2) is 5.75 Å². The molecule has 0 atom stereocenters. The maximum atomic E-state index is 14.3. The molecule has 2 N–H and O–H groups in total. The number of nitriles is 1. The lowest BCUT2D eigenvalue weighted by Gasteiger charge is -2.13. The van der Waals surface area contributed by atoms with Crippen LogP contribution in [0.1, 0.15) is 35.1 Å². The van der Waals surface area contributed by atoms with E-state index in [9.17, 15) is 8.78 Å². The van der Waals surface area contributed by atoms with Crippen LogP contribution >= 0.6 is 0 Å². The Kier molecular flexibility index (Phi) is 7.78. The van der Waals surface area contributed by atoms with Crippen LogP contribution in [0.25, 0.3) is 22.3 Å². The van der Waals surface area contributed by atoms with Gasteiger partial charge < -0.3 is 19.9 Å². The van der Waals surface area contributed by atoms with E-state index in [1.54, 1.807) is 44.0 Å². The second-order valence-electron chi connectivity index (χ2n) is 9.54. The quantitative estimate of drug-likeness (QED) is 0.236. The van der Waals surface area contributed by atoms with Gasteiger partial charge in [0.1, 0.15) is 11.6 Å². The van der Waals surface area contributed by atoms with Gasteiger partial charge in [-0.1, -0.05) is 0 Å². The molecule has 6 rings (SSSR count). The number of hydrogen-bond acceptors (Lipinski definition) is 7. The van der Waals surface area contributed by atoms with Gasteiger partial charge in [0.2, 0.25) is 11.8 Å². The van der Waals surface area contributed by atoms with Crippen LogP contribution in [0, 0.1) is 23.2 Å². The van der Waals surface area contributed by atoms with Crippen molar-refractivity contribution in [2.45, 2.75) is 38.5 Å². The summed E-state index contributed by atoms with van der Waals surface area (Å²) < 4.78 is 43.7. The SMILES string of the molecule is COc1cc(-c2cc(F)c3c(c2N)CCC3)ccn1.COc1cc(-c2cc(F)c3c(c2OC#N)CCC3)ccn1. The number of hydrogen-bond donors (Lipinski definition) is 1. The first-order valence-corrected chi connectivity index (χ1v) is 13.0. The van der Waals surface area contributed by atoms with Crippen molar-refractivity contribution in [3.05, 3.63) is 82.7 Å². The molecule has 0 amide bonds. The van der Waals surface area contributed by atoms with Gasteiger partial charge in [-0.15, -0.1) is 5.26 Å². The number of methoxy groups -OCH3 is 2. The molecule has 0 saturated carbocycles. The molecular weight excluding hydrogens is 514 g/mol. The second-order valence-corrected chi connectivity index (χ2v) is 9.54. The van der Waals surface area contributed by atoms with E-state index < -0.39 is 0 Å². The molecule has 2 aliphatic rings. The normalized spacial score (nSPS) is 13.0. The van der Waals surface area contributed by atoms with Gasteiger partial charge in [0.05, 0.1) is 14.2 Å². The number of nitrogens with two attached hydrogens (primary N) is 1. The fourth-order valence-electron chi connectivity index (χ4n) is 5.45. The summed E-state index contributed by atoms with van der Waals surface area (Å²) in [5.41, 5.74) is 12.9. The van der Waals surface area contributed by atoms with Crippen LogP contribution in [0.3, 0.4) is 0 Å². The van der Waals surface area contributed by atoms with Gasteiger partial charge in [-0.25, -0.2) is 18.7 Å². The Bertz CT molecular complexity index is 1620. The number of benzene rings is 2. The summed E-state index contributed by atoms with van der Waals surface area (Å²) in [6, 6.07) is 9.96. The van der Waals surface area contributed by atoms with Gasteiger partial charge in [0.25, 0.3) is 6.26 Å². The van der Waals surface area contributed by atoms with Crippen LogP contribution in [0.15, 0.2) is 48.8 Å². The molecule has 0 saturated heterocycles. The number of anilines is 1. The smallest absolute Gasteiger partial charge is 0.292 e. The van der Waals surface area contributed by atoms with Crippen molar-refractivity contribution in [1.82, 2.24) is 9.97 Å². The van der Waals surface area contributed by atoms with E-state index in [0.29, 0.717) is 46.3 Å². The highest BCUT2D eigenvalue weighted by atomic mass is 19.1. The molecule has 0 bridgehead atoms. The van der Waals surface area contributed by atoms with Crippen LogP contribution in [0.2, 0.25) is 0 Å². The Labute approximate surface area is 231 Å². The summed E-state index contributed by atoms with van der Waals surface area (Å²) in [6.45, 7) is 0. The lowest BCUT2D eigenvalue weighted by atomic mass is 9.98. The first-order valence-electron chi connectivity index (χ1n) is 13.0. The van der Waals surface area contributed by atoms with Gasteiger partial charge in [-0.05, 0) is 90.6 Å². The minimum atomic E-state index is -0.251. The lowest BCUT2D eigenvalue weighted by molar-refractivity contribution is 0.398.